The first-order valence-corrected chi connectivity index (χ1v) is 4.14. The number of methoxy groups -OCH3 is 1. The predicted molar refractivity (Wildman–Crippen MR) is 52.7 cm³/mol. The quantitative estimate of drug-likeness (QED) is 0.727. The van der Waals surface area contributed by atoms with Crippen LogP contribution in [0.15, 0.2) is 29.2 Å². The van der Waals surface area contributed by atoms with Crippen molar-refractivity contribution in [3.05, 3.63) is 40.3 Å². The molecular weight excluding hydrogens is 182 g/mol. The van der Waals surface area contributed by atoms with Crippen molar-refractivity contribution in [3.63, 3.8) is 0 Å². The van der Waals surface area contributed by atoms with Crippen molar-refractivity contribution in [1.82, 2.24) is 4.98 Å². The van der Waals surface area contributed by atoms with Crippen LogP contribution < -0.4 is 5.56 Å². The average Bonchev–Trinajstić information content (AvgIpc) is 2.17. The van der Waals surface area contributed by atoms with E-state index in [0.29, 0.717) is 0 Å². The van der Waals surface area contributed by atoms with Gasteiger partial charge in [-0.05, 0) is 11.6 Å². The Labute approximate surface area is 81.2 Å². The second-order valence-corrected chi connectivity index (χ2v) is 2.67. The number of ether oxygens (including phenoxy) is 1. The van der Waals surface area contributed by atoms with E-state index in [1.807, 2.05) is 0 Å². The number of hydrogen-bond donors (Lipinski definition) is 1. The molecule has 0 aromatic carbocycles. The maximum atomic E-state index is 10.9. The van der Waals surface area contributed by atoms with Gasteiger partial charge in [0.05, 0.1) is 13.5 Å². The smallest absolute Gasteiger partial charge is 0.309 e. The molecule has 0 amide bonds. The number of aromatic amines is 1. The lowest BCUT2D eigenvalue weighted by Gasteiger charge is -1.92. The SMILES string of the molecule is COC(=O)CC=Cc1cc[nH]c(=O)c1. The van der Waals surface area contributed by atoms with E-state index in [0.717, 1.165) is 5.56 Å². The number of H-pyrrole nitrogens is 1. The monoisotopic (exact) mass is 193 g/mol. The Morgan fingerprint density at radius 1 is 1.64 bits per heavy atom. The zero-order valence-corrected chi connectivity index (χ0v) is 7.82. The molecule has 0 radical (unpaired) electrons. The molecule has 0 spiro atoms. The van der Waals surface area contributed by atoms with E-state index < -0.39 is 0 Å². The van der Waals surface area contributed by atoms with Crippen molar-refractivity contribution in [1.29, 1.82) is 0 Å². The summed E-state index contributed by atoms with van der Waals surface area (Å²) in [5, 5.41) is 0. The van der Waals surface area contributed by atoms with Crippen molar-refractivity contribution >= 4 is 12.0 Å². The molecule has 1 rings (SSSR count). The van der Waals surface area contributed by atoms with Crippen LogP contribution in [0.1, 0.15) is 12.0 Å². The van der Waals surface area contributed by atoms with E-state index in [4.69, 9.17) is 0 Å². The molecule has 0 aliphatic heterocycles. The number of esters is 1. The Morgan fingerprint density at radius 2 is 2.43 bits per heavy atom. The normalized spacial score (nSPS) is 10.4. The first-order chi connectivity index (χ1) is 6.72. The van der Waals surface area contributed by atoms with Gasteiger partial charge in [-0.2, -0.15) is 0 Å². The van der Waals surface area contributed by atoms with E-state index in [1.165, 1.54) is 13.2 Å². The van der Waals surface area contributed by atoms with Crippen LogP contribution in [0.2, 0.25) is 0 Å². The molecule has 14 heavy (non-hydrogen) atoms. The van der Waals surface area contributed by atoms with Gasteiger partial charge in [0.15, 0.2) is 0 Å². The molecule has 0 unspecified atom stereocenters. The molecule has 74 valence electrons. The fraction of sp³-hybridized carbons (Fsp3) is 0.200. The lowest BCUT2D eigenvalue weighted by atomic mass is 10.2. The van der Waals surface area contributed by atoms with Gasteiger partial charge in [-0.25, -0.2) is 0 Å². The van der Waals surface area contributed by atoms with E-state index >= 15 is 0 Å². The molecular formula is C10H11NO3. The first-order valence-electron chi connectivity index (χ1n) is 4.14. The number of nitrogens with one attached hydrogen (secondary N) is 1. The summed E-state index contributed by atoms with van der Waals surface area (Å²) in [4.78, 5) is 24.1. The molecule has 0 aliphatic carbocycles. The minimum absolute atomic E-state index is 0.162. The summed E-state index contributed by atoms with van der Waals surface area (Å²) in [6, 6.07) is 3.20. The van der Waals surface area contributed by atoms with Crippen molar-refractivity contribution in [3.8, 4) is 0 Å². The first kappa shape index (κ1) is 10.2. The minimum Gasteiger partial charge on any atom is -0.469 e. The van der Waals surface area contributed by atoms with Crippen molar-refractivity contribution in [2.45, 2.75) is 6.42 Å². The fourth-order valence-corrected chi connectivity index (χ4v) is 0.939. The molecule has 1 aromatic heterocycles. The lowest BCUT2D eigenvalue weighted by molar-refractivity contribution is -0.139. The molecule has 0 saturated carbocycles. The third-order valence-electron chi connectivity index (χ3n) is 1.62. The van der Waals surface area contributed by atoms with Crippen LogP contribution in [-0.2, 0) is 9.53 Å². The van der Waals surface area contributed by atoms with Crippen LogP contribution in [0.25, 0.3) is 6.08 Å². The Kier molecular flexibility index (Phi) is 3.67. The van der Waals surface area contributed by atoms with E-state index in [-0.39, 0.29) is 17.9 Å². The Hall–Kier alpha value is -1.84. The molecule has 4 nitrogen and oxygen atoms in total. The zero-order chi connectivity index (χ0) is 10.4. The standard InChI is InChI=1S/C10H11NO3/c1-14-10(13)4-2-3-8-5-6-11-9(12)7-8/h2-3,5-7H,4H2,1H3,(H,11,12). The van der Waals surface area contributed by atoms with Gasteiger partial charge in [0, 0.05) is 12.3 Å². The number of aromatic nitrogens is 1. The van der Waals surface area contributed by atoms with Crippen LogP contribution in [0.4, 0.5) is 0 Å². The van der Waals surface area contributed by atoms with E-state index in [1.54, 1.807) is 24.4 Å². The van der Waals surface area contributed by atoms with Crippen molar-refractivity contribution in [2.75, 3.05) is 7.11 Å². The molecule has 0 saturated heterocycles. The molecule has 1 aromatic rings. The number of carbonyl (C=O) groups excluding carboxylic acids is 1. The second kappa shape index (κ2) is 5.01. The summed E-state index contributed by atoms with van der Waals surface area (Å²) < 4.78 is 4.45. The highest BCUT2D eigenvalue weighted by Gasteiger charge is 1.94. The summed E-state index contributed by atoms with van der Waals surface area (Å²) >= 11 is 0. The van der Waals surface area contributed by atoms with Gasteiger partial charge in [-0.15, -0.1) is 0 Å². The van der Waals surface area contributed by atoms with E-state index in [9.17, 15) is 9.59 Å². The van der Waals surface area contributed by atoms with Crippen LogP contribution in [0.5, 0.6) is 0 Å². The van der Waals surface area contributed by atoms with Gasteiger partial charge < -0.3 is 9.72 Å². The second-order valence-electron chi connectivity index (χ2n) is 2.67. The van der Waals surface area contributed by atoms with Crippen molar-refractivity contribution < 1.29 is 9.53 Å². The number of carbonyl (C=O) groups is 1. The third kappa shape index (κ3) is 3.26. The summed E-state index contributed by atoms with van der Waals surface area (Å²) in [5.74, 6) is -0.300. The number of rotatable bonds is 3. The average molecular weight is 193 g/mol. The molecule has 1 N–H and O–H groups in total. The highest BCUT2D eigenvalue weighted by atomic mass is 16.5. The lowest BCUT2D eigenvalue weighted by Crippen LogP contribution is -2.02. The summed E-state index contributed by atoms with van der Waals surface area (Å²) in [7, 11) is 1.34. The Bertz CT molecular complexity index is 392. The molecule has 4 heteroatoms. The number of pyridine rings is 1. The van der Waals surface area contributed by atoms with Crippen LogP contribution >= 0.6 is 0 Å². The van der Waals surface area contributed by atoms with Gasteiger partial charge in [-0.3, -0.25) is 9.59 Å². The van der Waals surface area contributed by atoms with Crippen molar-refractivity contribution in [2.24, 2.45) is 0 Å². The van der Waals surface area contributed by atoms with Gasteiger partial charge in [-0.1, -0.05) is 12.2 Å². The Morgan fingerprint density at radius 3 is 3.07 bits per heavy atom. The fourth-order valence-electron chi connectivity index (χ4n) is 0.939. The highest BCUT2D eigenvalue weighted by Crippen LogP contribution is 1.98. The highest BCUT2D eigenvalue weighted by molar-refractivity contribution is 5.72. The van der Waals surface area contributed by atoms with Crippen LogP contribution in [0.3, 0.4) is 0 Å². The molecule has 0 fully saturated rings. The topological polar surface area (TPSA) is 59.2 Å². The minimum atomic E-state index is -0.300. The predicted octanol–water partition coefficient (Wildman–Crippen LogP) is 0.951. The number of hydrogen-bond acceptors (Lipinski definition) is 3. The van der Waals surface area contributed by atoms with Gasteiger partial charge in [0.1, 0.15) is 0 Å². The summed E-state index contributed by atoms with van der Waals surface area (Å²) in [6.07, 6.45) is 5.12. The Balaban J connectivity index is 2.60. The summed E-state index contributed by atoms with van der Waals surface area (Å²) in [6.45, 7) is 0. The van der Waals surface area contributed by atoms with Gasteiger partial charge in [0.25, 0.3) is 0 Å². The van der Waals surface area contributed by atoms with Gasteiger partial charge >= 0.3 is 5.97 Å². The van der Waals surface area contributed by atoms with Gasteiger partial charge in [0.2, 0.25) is 5.56 Å². The third-order valence-corrected chi connectivity index (χ3v) is 1.62. The summed E-state index contributed by atoms with van der Waals surface area (Å²) in [5.41, 5.74) is 0.600. The van der Waals surface area contributed by atoms with Crippen LogP contribution in [-0.4, -0.2) is 18.1 Å². The molecule has 0 aliphatic rings. The molecule has 0 bridgehead atoms. The van der Waals surface area contributed by atoms with E-state index in [2.05, 4.69) is 9.72 Å². The largest absolute Gasteiger partial charge is 0.469 e. The molecule has 1 heterocycles. The maximum absolute atomic E-state index is 10.9. The maximum Gasteiger partial charge on any atom is 0.309 e. The van der Waals surface area contributed by atoms with Crippen LogP contribution in [0, 0.1) is 0 Å². The zero-order valence-electron chi connectivity index (χ0n) is 7.82. The molecule has 0 atom stereocenters.